The van der Waals surface area contributed by atoms with Gasteiger partial charge in [-0.1, -0.05) is 0 Å². The van der Waals surface area contributed by atoms with Gasteiger partial charge < -0.3 is 20.6 Å². The summed E-state index contributed by atoms with van der Waals surface area (Å²) in [5, 5.41) is 8.57. The number of nitrogens with two attached hydrogens (primary N) is 1. The molecular weight excluding hydrogens is 214 g/mol. The second-order valence-corrected chi connectivity index (χ2v) is 3.08. The molecule has 4 N–H and O–H groups in total. The molecule has 0 bridgehead atoms. The highest BCUT2D eigenvalue weighted by Crippen LogP contribution is 2.04. The lowest BCUT2D eigenvalue weighted by atomic mass is 10.2. The van der Waals surface area contributed by atoms with Gasteiger partial charge in [0.2, 0.25) is 0 Å². The summed E-state index contributed by atoms with van der Waals surface area (Å²) in [4.78, 5) is 28.2. The van der Waals surface area contributed by atoms with E-state index in [1.807, 2.05) is 0 Å². The normalized spacial score (nSPS) is 10.3. The molecular formula is C9H13N3O4. The summed E-state index contributed by atoms with van der Waals surface area (Å²) in [7, 11) is 0. The number of carboxylic acid groups (broad SMARTS) is 1. The minimum absolute atomic E-state index is 0.0345. The highest BCUT2D eigenvalue weighted by atomic mass is 16.5. The minimum atomic E-state index is -1.13. The summed E-state index contributed by atoms with van der Waals surface area (Å²) < 4.78 is 5.05. The number of aliphatic carboxylic acids is 1. The molecule has 88 valence electrons. The quantitative estimate of drug-likeness (QED) is 0.625. The van der Waals surface area contributed by atoms with Crippen molar-refractivity contribution in [2.24, 2.45) is 0 Å². The molecule has 0 spiro atoms. The summed E-state index contributed by atoms with van der Waals surface area (Å²) in [6.07, 6.45) is -0.441. The Morgan fingerprint density at radius 3 is 2.81 bits per heavy atom. The molecule has 1 rings (SSSR count). The molecule has 1 aromatic rings. The first-order valence-corrected chi connectivity index (χ1v) is 4.71. The lowest BCUT2D eigenvalue weighted by molar-refractivity contribution is -0.136. The maximum Gasteiger partial charge on any atom is 0.308 e. The van der Waals surface area contributed by atoms with E-state index in [-0.39, 0.29) is 18.0 Å². The maximum atomic E-state index is 11.5. The van der Waals surface area contributed by atoms with Crippen LogP contribution in [0.5, 0.6) is 0 Å². The van der Waals surface area contributed by atoms with E-state index >= 15 is 0 Å². The number of carbonyl (C=O) groups is 1. The predicted octanol–water partition coefficient (Wildman–Crippen LogP) is -0.484. The van der Waals surface area contributed by atoms with Crippen LogP contribution in [0.4, 0.5) is 5.82 Å². The van der Waals surface area contributed by atoms with Crippen molar-refractivity contribution in [1.82, 2.24) is 9.97 Å². The Labute approximate surface area is 91.3 Å². The first kappa shape index (κ1) is 12.2. The van der Waals surface area contributed by atoms with Crippen molar-refractivity contribution in [2.75, 3.05) is 12.3 Å². The van der Waals surface area contributed by atoms with Gasteiger partial charge in [-0.3, -0.25) is 9.59 Å². The zero-order valence-corrected chi connectivity index (χ0v) is 8.82. The van der Waals surface area contributed by atoms with E-state index in [1.54, 1.807) is 6.92 Å². The Morgan fingerprint density at radius 1 is 1.62 bits per heavy atom. The van der Waals surface area contributed by atoms with Crippen molar-refractivity contribution in [3.63, 3.8) is 0 Å². The van der Waals surface area contributed by atoms with E-state index in [9.17, 15) is 9.59 Å². The highest BCUT2D eigenvalue weighted by Gasteiger charge is 2.12. The molecule has 16 heavy (non-hydrogen) atoms. The number of aromatic nitrogens is 2. The molecule has 0 fully saturated rings. The molecule has 0 aliphatic carbocycles. The summed E-state index contributed by atoms with van der Waals surface area (Å²) in [5.74, 6) is -0.907. The van der Waals surface area contributed by atoms with Crippen LogP contribution in [0, 0.1) is 0 Å². The number of ether oxygens (including phenoxy) is 1. The zero-order chi connectivity index (χ0) is 12.1. The second kappa shape index (κ2) is 5.26. The van der Waals surface area contributed by atoms with Crippen molar-refractivity contribution < 1.29 is 14.6 Å². The van der Waals surface area contributed by atoms with Crippen LogP contribution in [0.15, 0.2) is 4.79 Å². The Kier molecular flexibility index (Phi) is 4.01. The molecule has 7 nitrogen and oxygen atoms in total. The molecule has 0 amide bonds. The molecule has 1 aromatic heterocycles. The molecule has 0 saturated carbocycles. The van der Waals surface area contributed by atoms with Crippen LogP contribution in [-0.2, 0) is 22.6 Å². The Hall–Kier alpha value is -1.89. The Balaban J connectivity index is 2.98. The van der Waals surface area contributed by atoms with Gasteiger partial charge in [-0.2, -0.15) is 0 Å². The van der Waals surface area contributed by atoms with Gasteiger partial charge in [0, 0.05) is 6.61 Å². The minimum Gasteiger partial charge on any atom is -0.481 e. The first-order chi connectivity index (χ1) is 7.54. The molecule has 0 atom stereocenters. The van der Waals surface area contributed by atoms with Gasteiger partial charge in [-0.05, 0) is 6.92 Å². The van der Waals surface area contributed by atoms with Gasteiger partial charge in [0.05, 0.1) is 12.0 Å². The molecule has 0 aliphatic rings. The number of hydrogen-bond donors (Lipinski definition) is 3. The van der Waals surface area contributed by atoms with Crippen LogP contribution in [0.3, 0.4) is 0 Å². The van der Waals surface area contributed by atoms with Crippen LogP contribution >= 0.6 is 0 Å². The third-order valence-corrected chi connectivity index (χ3v) is 1.87. The topological polar surface area (TPSA) is 118 Å². The fourth-order valence-corrected chi connectivity index (χ4v) is 1.15. The van der Waals surface area contributed by atoms with E-state index in [2.05, 4.69) is 9.97 Å². The summed E-state index contributed by atoms with van der Waals surface area (Å²) in [6, 6.07) is 0. The molecule has 0 radical (unpaired) electrons. The first-order valence-electron chi connectivity index (χ1n) is 4.71. The Bertz CT molecular complexity index is 441. The third kappa shape index (κ3) is 3.06. The number of carboxylic acids is 1. The van der Waals surface area contributed by atoms with Crippen molar-refractivity contribution in [3.05, 3.63) is 21.7 Å². The van der Waals surface area contributed by atoms with E-state index in [0.717, 1.165) is 0 Å². The van der Waals surface area contributed by atoms with Gasteiger partial charge in [0.1, 0.15) is 18.2 Å². The van der Waals surface area contributed by atoms with Crippen molar-refractivity contribution in [2.45, 2.75) is 20.0 Å². The van der Waals surface area contributed by atoms with Crippen LogP contribution < -0.4 is 11.3 Å². The second-order valence-electron chi connectivity index (χ2n) is 3.08. The molecule has 1 heterocycles. The number of nitrogens with one attached hydrogen (secondary N) is 1. The van der Waals surface area contributed by atoms with Gasteiger partial charge >= 0.3 is 5.97 Å². The molecule has 0 unspecified atom stereocenters. The number of nitrogens with zero attached hydrogens (tertiary/aromatic N) is 1. The number of rotatable bonds is 5. The standard InChI is InChI=1S/C9H13N3O4/c1-2-16-4-6-11-8(10)5(3-7(13)14)9(15)12-6/h2-4H2,1H3,(H,13,14)(H3,10,11,12,15). The monoisotopic (exact) mass is 227 g/mol. The van der Waals surface area contributed by atoms with Gasteiger partial charge in [-0.15, -0.1) is 0 Å². The van der Waals surface area contributed by atoms with E-state index in [1.165, 1.54) is 0 Å². The average molecular weight is 227 g/mol. The predicted molar refractivity (Wildman–Crippen MR) is 55.9 cm³/mol. The maximum absolute atomic E-state index is 11.5. The SMILES string of the molecule is CCOCc1nc(N)c(CC(=O)O)c(=O)[nH]1. The van der Waals surface area contributed by atoms with Gasteiger partial charge in [-0.25, -0.2) is 4.98 Å². The molecule has 0 saturated heterocycles. The zero-order valence-electron chi connectivity index (χ0n) is 8.82. The molecule has 7 heteroatoms. The van der Waals surface area contributed by atoms with E-state index in [0.29, 0.717) is 12.4 Å². The molecule has 0 aromatic carbocycles. The summed E-state index contributed by atoms with van der Waals surface area (Å²) in [5.41, 5.74) is 4.92. The van der Waals surface area contributed by atoms with Crippen LogP contribution in [0.2, 0.25) is 0 Å². The van der Waals surface area contributed by atoms with Crippen LogP contribution in [0.1, 0.15) is 18.3 Å². The van der Waals surface area contributed by atoms with Crippen molar-refractivity contribution in [3.8, 4) is 0 Å². The van der Waals surface area contributed by atoms with Crippen LogP contribution in [0.25, 0.3) is 0 Å². The molecule has 0 aliphatic heterocycles. The van der Waals surface area contributed by atoms with E-state index in [4.69, 9.17) is 15.6 Å². The lowest BCUT2D eigenvalue weighted by Gasteiger charge is -2.05. The summed E-state index contributed by atoms with van der Waals surface area (Å²) in [6.45, 7) is 2.43. The fourth-order valence-electron chi connectivity index (χ4n) is 1.15. The van der Waals surface area contributed by atoms with Crippen LogP contribution in [-0.4, -0.2) is 27.7 Å². The van der Waals surface area contributed by atoms with Gasteiger partial charge in [0.15, 0.2) is 0 Å². The lowest BCUT2D eigenvalue weighted by Crippen LogP contribution is -2.22. The average Bonchev–Trinajstić information content (AvgIpc) is 2.20. The summed E-state index contributed by atoms with van der Waals surface area (Å²) >= 11 is 0. The number of hydrogen-bond acceptors (Lipinski definition) is 5. The number of H-pyrrole nitrogens is 1. The fraction of sp³-hybridized carbons (Fsp3) is 0.444. The number of anilines is 1. The highest BCUT2D eigenvalue weighted by molar-refractivity contribution is 5.71. The van der Waals surface area contributed by atoms with Crippen molar-refractivity contribution in [1.29, 1.82) is 0 Å². The van der Waals surface area contributed by atoms with Crippen molar-refractivity contribution >= 4 is 11.8 Å². The number of aromatic amines is 1. The smallest absolute Gasteiger partial charge is 0.308 e. The largest absolute Gasteiger partial charge is 0.481 e. The number of nitrogen functional groups attached to an aromatic ring is 1. The van der Waals surface area contributed by atoms with E-state index < -0.39 is 17.9 Å². The third-order valence-electron chi connectivity index (χ3n) is 1.87. The Morgan fingerprint density at radius 2 is 2.31 bits per heavy atom. The van der Waals surface area contributed by atoms with Gasteiger partial charge in [0.25, 0.3) is 5.56 Å².